The van der Waals surface area contributed by atoms with Gasteiger partial charge in [-0.05, 0) is 71.2 Å². The minimum atomic E-state index is -1.31. The molecule has 4 rings (SSSR count). The number of hydrogen-bond acceptors (Lipinski definition) is 4. The fraction of sp³-hybridized carbons (Fsp3) is 0.200. The molecule has 4 aromatic rings. The molecule has 0 aromatic heterocycles. The normalized spacial score (nSPS) is 11.2. The molecule has 0 aliphatic carbocycles. The molecule has 208 valence electrons. The Balaban J connectivity index is 2.15. The fourth-order valence-corrected chi connectivity index (χ4v) is 13.2. The smallest absolute Gasteiger partial charge is 0.160 e. The van der Waals surface area contributed by atoms with Gasteiger partial charge in [-0.3, -0.25) is 19.2 Å². The van der Waals surface area contributed by atoms with E-state index in [0.717, 1.165) is 21.2 Å². The Hall–Kier alpha value is -3.58. The zero-order valence-electron chi connectivity index (χ0n) is 24.0. The summed E-state index contributed by atoms with van der Waals surface area (Å²) in [5.74, 6) is -0.163. The number of ketones is 4. The van der Waals surface area contributed by atoms with Crippen LogP contribution in [0, 0.1) is 0 Å². The molecule has 0 saturated heterocycles. The maximum absolute atomic E-state index is 13.0. The molecule has 6 heteroatoms. The van der Waals surface area contributed by atoms with Gasteiger partial charge in [-0.15, -0.1) is 0 Å². The lowest BCUT2D eigenvalue weighted by Crippen LogP contribution is -2.33. The third kappa shape index (κ3) is 6.35. The predicted molar refractivity (Wildman–Crippen MR) is 172 cm³/mol. The van der Waals surface area contributed by atoms with E-state index in [1.54, 1.807) is 27.7 Å². The van der Waals surface area contributed by atoms with Crippen LogP contribution in [0.1, 0.15) is 82.5 Å². The van der Waals surface area contributed by atoms with Gasteiger partial charge in [-0.2, -0.15) is 0 Å². The van der Waals surface area contributed by atoms with Crippen LogP contribution in [-0.4, -0.2) is 28.5 Å². The number of hydrogen-bond donors (Lipinski definition) is 0. The van der Waals surface area contributed by atoms with Crippen LogP contribution in [0.2, 0.25) is 0 Å². The Morgan fingerprint density at radius 3 is 0.878 bits per heavy atom. The van der Waals surface area contributed by atoms with E-state index in [2.05, 4.69) is 6.92 Å². The Labute approximate surface area is 244 Å². The van der Waals surface area contributed by atoms with E-state index in [-0.39, 0.29) is 28.5 Å². The second kappa shape index (κ2) is 13.4. The average molecular weight is 581 g/mol. The molecule has 0 amide bonds. The van der Waals surface area contributed by atoms with Crippen LogP contribution in [0.5, 0.6) is 0 Å². The maximum Gasteiger partial charge on any atom is 0.160 e. The van der Waals surface area contributed by atoms with Crippen LogP contribution in [0.15, 0.2) is 97.1 Å². The summed E-state index contributed by atoms with van der Waals surface area (Å²) in [4.78, 5) is 52.0. The van der Waals surface area contributed by atoms with Crippen LogP contribution in [0.4, 0.5) is 0 Å². The quantitative estimate of drug-likeness (QED) is 0.145. The van der Waals surface area contributed by atoms with Crippen molar-refractivity contribution in [1.82, 2.24) is 0 Å². The molecule has 0 bridgehead atoms. The molecule has 41 heavy (non-hydrogen) atoms. The lowest BCUT2D eigenvalue weighted by Gasteiger charge is -2.37. The molecule has 0 aliphatic heterocycles. The van der Waals surface area contributed by atoms with Gasteiger partial charge < -0.3 is 0 Å². The van der Waals surface area contributed by atoms with Gasteiger partial charge in [0.2, 0.25) is 0 Å². The van der Waals surface area contributed by atoms with Crippen LogP contribution >= 0.6 is 15.8 Å². The van der Waals surface area contributed by atoms with Crippen LogP contribution in [0.25, 0.3) is 0 Å². The van der Waals surface area contributed by atoms with E-state index >= 15 is 0 Å². The van der Waals surface area contributed by atoms with Crippen LogP contribution in [0.3, 0.4) is 0 Å². The molecule has 4 aromatic carbocycles. The first-order valence-corrected chi connectivity index (χ1v) is 16.5. The molecule has 0 unspecified atom stereocenters. The summed E-state index contributed by atoms with van der Waals surface area (Å²) in [5, 5.41) is 3.53. The largest absolute Gasteiger partial charge is 0.294 e. The topological polar surface area (TPSA) is 68.3 Å². The average Bonchev–Trinajstić information content (AvgIpc) is 2.97. The molecule has 0 saturated carbocycles. The highest BCUT2D eigenvalue weighted by atomic mass is 31.2. The molecule has 0 radical (unpaired) electrons. The zero-order chi connectivity index (χ0) is 29.7. The van der Waals surface area contributed by atoms with Crippen molar-refractivity contribution >= 4 is 60.2 Å². The van der Waals surface area contributed by atoms with E-state index in [4.69, 9.17) is 0 Å². The second-order valence-electron chi connectivity index (χ2n) is 9.92. The molecular formula is C35H34O4P2. The first-order chi connectivity index (χ1) is 19.7. The van der Waals surface area contributed by atoms with E-state index < -0.39 is 15.8 Å². The van der Waals surface area contributed by atoms with Crippen LogP contribution < -0.4 is 21.2 Å². The Kier molecular flexibility index (Phi) is 9.92. The molecule has 0 fully saturated rings. The molecule has 0 atom stereocenters. The Morgan fingerprint density at radius 2 is 0.683 bits per heavy atom. The van der Waals surface area contributed by atoms with Gasteiger partial charge >= 0.3 is 0 Å². The van der Waals surface area contributed by atoms with Gasteiger partial charge in [-0.1, -0.05) is 104 Å². The van der Waals surface area contributed by atoms with Crippen molar-refractivity contribution in [2.75, 3.05) is 0 Å². The Morgan fingerprint density at radius 1 is 0.463 bits per heavy atom. The summed E-state index contributed by atoms with van der Waals surface area (Å²) < 4.78 is 0. The van der Waals surface area contributed by atoms with Crippen molar-refractivity contribution in [3.05, 3.63) is 119 Å². The van der Waals surface area contributed by atoms with E-state index in [1.165, 1.54) is 0 Å². The highest BCUT2D eigenvalue weighted by Gasteiger charge is 2.37. The summed E-state index contributed by atoms with van der Waals surface area (Å²) in [6.45, 7) is 8.41. The number of Topliss-reactive ketones (excluding diaryl/α,β-unsaturated/α-hetero) is 4. The van der Waals surface area contributed by atoms with Crippen molar-refractivity contribution in [2.24, 2.45) is 0 Å². The van der Waals surface area contributed by atoms with Crippen molar-refractivity contribution in [3.63, 3.8) is 0 Å². The number of carbonyl (C=O) groups is 4. The first-order valence-electron chi connectivity index (χ1n) is 13.7. The van der Waals surface area contributed by atoms with Crippen LogP contribution in [-0.2, 0) is 0 Å². The minimum absolute atomic E-state index is 0.0409. The minimum Gasteiger partial charge on any atom is -0.294 e. The van der Waals surface area contributed by atoms with E-state index in [1.807, 2.05) is 97.1 Å². The molecular weight excluding hydrogens is 546 g/mol. The van der Waals surface area contributed by atoms with Gasteiger partial charge in [0.15, 0.2) is 23.1 Å². The van der Waals surface area contributed by atoms with Crippen molar-refractivity contribution in [2.45, 2.75) is 46.4 Å². The van der Waals surface area contributed by atoms with Gasteiger partial charge in [0.1, 0.15) is 0 Å². The number of rotatable bonds is 11. The van der Waals surface area contributed by atoms with E-state index in [0.29, 0.717) is 28.7 Å². The van der Waals surface area contributed by atoms with Gasteiger partial charge in [-0.25, -0.2) is 0 Å². The Bertz CT molecular complexity index is 1390. The molecule has 0 spiro atoms. The maximum atomic E-state index is 13.0. The zero-order valence-corrected chi connectivity index (χ0v) is 25.8. The summed E-state index contributed by atoms with van der Waals surface area (Å²) in [6, 6.07) is 30.6. The van der Waals surface area contributed by atoms with Gasteiger partial charge in [0, 0.05) is 27.7 Å². The SMILES string of the molecule is CCC(P(c1ccccc1C(C)=O)c1ccccc1C(C)=O)P(c1ccccc1C(C)=O)c1ccccc1C(C)=O. The summed E-state index contributed by atoms with van der Waals surface area (Å²) in [7, 11) is -2.61. The van der Waals surface area contributed by atoms with Crippen molar-refractivity contribution in [3.8, 4) is 0 Å². The molecule has 4 nitrogen and oxygen atoms in total. The second-order valence-corrected chi connectivity index (χ2v) is 15.0. The third-order valence-corrected chi connectivity index (χ3v) is 14.1. The monoisotopic (exact) mass is 580 g/mol. The van der Waals surface area contributed by atoms with Crippen molar-refractivity contribution in [1.29, 1.82) is 0 Å². The summed E-state index contributed by atoms with van der Waals surface area (Å²) in [6.07, 6.45) is 0.703. The third-order valence-electron chi connectivity index (χ3n) is 7.13. The highest BCUT2D eigenvalue weighted by molar-refractivity contribution is 7.89. The van der Waals surface area contributed by atoms with E-state index in [9.17, 15) is 19.2 Å². The van der Waals surface area contributed by atoms with Gasteiger partial charge in [0.05, 0.1) is 0 Å². The summed E-state index contributed by atoms with van der Waals surface area (Å²) in [5.41, 5.74) is 2.52. The highest BCUT2D eigenvalue weighted by Crippen LogP contribution is 2.59. The van der Waals surface area contributed by atoms with Gasteiger partial charge in [0.25, 0.3) is 0 Å². The lowest BCUT2D eigenvalue weighted by molar-refractivity contribution is 0.101. The summed E-state index contributed by atoms with van der Waals surface area (Å²) >= 11 is 0. The number of benzene rings is 4. The van der Waals surface area contributed by atoms with Crippen molar-refractivity contribution < 1.29 is 19.2 Å². The molecule has 0 aliphatic rings. The standard InChI is InChI=1S/C35H34O4P2/c1-6-35(40(31-19-11-7-15-27(31)23(2)36)32-20-12-8-16-28(32)24(3)37)41(33-21-13-9-17-29(33)25(4)38)34-22-14-10-18-30(34)26(5)39/h7-22,35H,6H2,1-5H3. The molecule has 0 heterocycles. The first kappa shape index (κ1) is 30.4. The predicted octanol–water partition coefficient (Wildman–Crippen LogP) is 6.80. The fourth-order valence-electron chi connectivity index (χ4n) is 5.31. The number of carbonyl (C=O) groups excluding carboxylic acids is 4. The lowest BCUT2D eigenvalue weighted by atomic mass is 10.1. The molecule has 0 N–H and O–H groups in total.